The van der Waals surface area contributed by atoms with Gasteiger partial charge in [0.1, 0.15) is 0 Å². The minimum Gasteiger partial charge on any atom is -0.208 e. The molecule has 0 N–H and O–H groups in total. The van der Waals surface area contributed by atoms with Crippen LogP contribution in [0.3, 0.4) is 0 Å². The van der Waals surface area contributed by atoms with E-state index in [0.29, 0.717) is 17.5 Å². The number of benzene rings is 8. The lowest BCUT2D eigenvalue weighted by atomic mass is 9.80. The SMILES string of the molecule is CC1(C)c2ccccc2-c2cccc(-c3nc(-c4ccccc4)nc(-c4ccccc4-c4c5ccccc5cc5c4ccc4ccccc45)n3)c21. The summed E-state index contributed by atoms with van der Waals surface area (Å²) in [5.74, 6) is 1.99. The van der Waals surface area contributed by atoms with E-state index in [1.807, 2.05) is 18.2 Å². The van der Waals surface area contributed by atoms with E-state index in [1.54, 1.807) is 0 Å². The first-order valence-electron chi connectivity index (χ1n) is 17.5. The van der Waals surface area contributed by atoms with Crippen molar-refractivity contribution in [2.24, 2.45) is 0 Å². The van der Waals surface area contributed by atoms with E-state index in [0.717, 1.165) is 22.3 Å². The summed E-state index contributed by atoms with van der Waals surface area (Å²) in [5.41, 5.74) is 10.1. The molecule has 3 heteroatoms. The summed E-state index contributed by atoms with van der Waals surface area (Å²) in [6, 6.07) is 58.4. The maximum absolute atomic E-state index is 5.38. The van der Waals surface area contributed by atoms with Crippen LogP contribution in [-0.2, 0) is 5.41 Å². The molecule has 0 bridgehead atoms. The van der Waals surface area contributed by atoms with Crippen LogP contribution < -0.4 is 0 Å². The zero-order valence-corrected chi connectivity index (χ0v) is 28.4. The second-order valence-electron chi connectivity index (χ2n) is 14.0. The van der Waals surface area contributed by atoms with Crippen LogP contribution in [0.25, 0.3) is 88.7 Å². The van der Waals surface area contributed by atoms with E-state index < -0.39 is 0 Å². The monoisotopic (exact) mass is 651 g/mol. The fourth-order valence-corrected chi connectivity index (χ4v) is 8.37. The molecule has 0 saturated carbocycles. The molecule has 1 heterocycles. The molecule has 0 amide bonds. The van der Waals surface area contributed by atoms with E-state index in [1.165, 1.54) is 60.1 Å². The first-order valence-corrected chi connectivity index (χ1v) is 17.5. The molecule has 0 aliphatic heterocycles. The van der Waals surface area contributed by atoms with Crippen LogP contribution in [0, 0.1) is 0 Å². The summed E-state index contributed by atoms with van der Waals surface area (Å²) in [6.07, 6.45) is 0. The number of rotatable bonds is 4. The molecule has 1 aromatic heterocycles. The van der Waals surface area contributed by atoms with Crippen molar-refractivity contribution in [1.82, 2.24) is 15.0 Å². The lowest BCUT2D eigenvalue weighted by molar-refractivity contribution is 0.661. The van der Waals surface area contributed by atoms with E-state index in [9.17, 15) is 0 Å². The van der Waals surface area contributed by atoms with Crippen LogP contribution >= 0.6 is 0 Å². The zero-order valence-electron chi connectivity index (χ0n) is 28.4. The van der Waals surface area contributed by atoms with Gasteiger partial charge in [-0.15, -0.1) is 0 Å². The molecule has 0 atom stereocenters. The van der Waals surface area contributed by atoms with E-state index in [4.69, 9.17) is 15.0 Å². The third-order valence-electron chi connectivity index (χ3n) is 10.7. The summed E-state index contributed by atoms with van der Waals surface area (Å²) in [4.78, 5) is 15.8. The highest BCUT2D eigenvalue weighted by atomic mass is 15.0. The fourth-order valence-electron chi connectivity index (χ4n) is 8.37. The zero-order chi connectivity index (χ0) is 34.1. The topological polar surface area (TPSA) is 38.7 Å². The van der Waals surface area contributed by atoms with Gasteiger partial charge in [0.2, 0.25) is 0 Å². The smallest absolute Gasteiger partial charge is 0.164 e. The van der Waals surface area contributed by atoms with Crippen LogP contribution in [0.2, 0.25) is 0 Å². The van der Waals surface area contributed by atoms with Gasteiger partial charge in [0.15, 0.2) is 17.5 Å². The molecule has 0 spiro atoms. The van der Waals surface area contributed by atoms with Gasteiger partial charge in [0.25, 0.3) is 0 Å². The molecule has 1 aliphatic carbocycles. The van der Waals surface area contributed by atoms with Crippen LogP contribution in [0.1, 0.15) is 25.0 Å². The van der Waals surface area contributed by atoms with Gasteiger partial charge in [-0.3, -0.25) is 0 Å². The maximum Gasteiger partial charge on any atom is 0.164 e. The molecule has 0 saturated heterocycles. The Hall–Kier alpha value is -6.45. The van der Waals surface area contributed by atoms with Gasteiger partial charge in [0.05, 0.1) is 0 Å². The van der Waals surface area contributed by atoms with Crippen LogP contribution in [0.15, 0.2) is 164 Å². The second kappa shape index (κ2) is 11.3. The summed E-state index contributed by atoms with van der Waals surface area (Å²) < 4.78 is 0. The molecule has 8 aromatic carbocycles. The molecule has 0 unspecified atom stereocenters. The van der Waals surface area contributed by atoms with Crippen LogP contribution in [0.4, 0.5) is 0 Å². The minimum atomic E-state index is -0.217. The number of hydrogen-bond donors (Lipinski definition) is 0. The van der Waals surface area contributed by atoms with Gasteiger partial charge >= 0.3 is 0 Å². The standard InChI is InChI=1S/C48H33N3/c1-48(2)42-26-13-12-21-35(42)38-24-14-25-40(44(38)48)47-50-45(31-16-4-3-5-17-31)49-46(51-47)39-23-11-10-22-36(39)43-34-20-9-7-18-32(34)29-41-33-19-8-6-15-30(33)27-28-37(41)43/h3-29H,1-2H3. The summed E-state index contributed by atoms with van der Waals surface area (Å²) in [5, 5.41) is 7.32. The predicted molar refractivity (Wildman–Crippen MR) is 212 cm³/mol. The molecule has 1 aliphatic rings. The molecule has 10 rings (SSSR count). The molecular formula is C48H33N3. The van der Waals surface area contributed by atoms with E-state index in [-0.39, 0.29) is 5.41 Å². The number of aromatic nitrogens is 3. The van der Waals surface area contributed by atoms with Gasteiger partial charge in [-0.1, -0.05) is 172 Å². The van der Waals surface area contributed by atoms with Crippen molar-refractivity contribution in [2.75, 3.05) is 0 Å². The van der Waals surface area contributed by atoms with Crippen molar-refractivity contribution in [1.29, 1.82) is 0 Å². The predicted octanol–water partition coefficient (Wildman–Crippen LogP) is 12.3. The Morgan fingerprint density at radius 2 is 0.961 bits per heavy atom. The Balaban J connectivity index is 1.26. The van der Waals surface area contributed by atoms with Crippen molar-refractivity contribution in [3.8, 4) is 56.4 Å². The Morgan fingerprint density at radius 3 is 1.78 bits per heavy atom. The Morgan fingerprint density at radius 1 is 0.373 bits per heavy atom. The number of fused-ring (bicyclic) bond motifs is 7. The summed E-state index contributed by atoms with van der Waals surface area (Å²) in [6.45, 7) is 4.62. The first-order chi connectivity index (χ1) is 25.1. The largest absolute Gasteiger partial charge is 0.208 e. The van der Waals surface area contributed by atoms with Crippen molar-refractivity contribution >= 4 is 32.3 Å². The highest BCUT2D eigenvalue weighted by Gasteiger charge is 2.38. The number of hydrogen-bond acceptors (Lipinski definition) is 3. The van der Waals surface area contributed by atoms with Crippen molar-refractivity contribution in [3.63, 3.8) is 0 Å². The maximum atomic E-state index is 5.38. The average Bonchev–Trinajstić information content (AvgIpc) is 3.43. The summed E-state index contributed by atoms with van der Waals surface area (Å²) >= 11 is 0. The van der Waals surface area contributed by atoms with Crippen molar-refractivity contribution in [2.45, 2.75) is 19.3 Å². The van der Waals surface area contributed by atoms with Crippen molar-refractivity contribution < 1.29 is 0 Å². The number of nitrogens with zero attached hydrogens (tertiary/aromatic N) is 3. The average molecular weight is 652 g/mol. The minimum absolute atomic E-state index is 0.217. The van der Waals surface area contributed by atoms with Gasteiger partial charge in [-0.05, 0) is 71.8 Å². The molecule has 9 aromatic rings. The van der Waals surface area contributed by atoms with Gasteiger partial charge in [-0.25, -0.2) is 15.0 Å². The normalized spacial score (nSPS) is 13.1. The highest BCUT2D eigenvalue weighted by Crippen LogP contribution is 2.52. The first kappa shape index (κ1) is 29.5. The van der Waals surface area contributed by atoms with E-state index in [2.05, 4.69) is 159 Å². The van der Waals surface area contributed by atoms with E-state index >= 15 is 0 Å². The Labute approximate surface area is 297 Å². The van der Waals surface area contributed by atoms with Gasteiger partial charge in [-0.2, -0.15) is 0 Å². The second-order valence-corrected chi connectivity index (χ2v) is 14.0. The quantitative estimate of drug-likeness (QED) is 0.140. The molecule has 0 radical (unpaired) electrons. The molecule has 240 valence electrons. The third kappa shape index (κ3) is 4.55. The lowest BCUT2D eigenvalue weighted by Crippen LogP contribution is -2.17. The molecular weight excluding hydrogens is 619 g/mol. The summed E-state index contributed by atoms with van der Waals surface area (Å²) in [7, 11) is 0. The van der Waals surface area contributed by atoms with Crippen molar-refractivity contribution in [3.05, 3.63) is 175 Å². The highest BCUT2D eigenvalue weighted by molar-refractivity contribution is 6.21. The third-order valence-corrected chi connectivity index (χ3v) is 10.7. The Bertz CT molecular complexity index is 2830. The molecule has 0 fully saturated rings. The molecule has 51 heavy (non-hydrogen) atoms. The Kier molecular flexibility index (Phi) is 6.53. The fraction of sp³-hybridized carbons (Fsp3) is 0.0625. The van der Waals surface area contributed by atoms with Crippen LogP contribution in [0.5, 0.6) is 0 Å². The van der Waals surface area contributed by atoms with Gasteiger partial charge < -0.3 is 0 Å². The lowest BCUT2D eigenvalue weighted by Gasteiger charge is -2.24. The van der Waals surface area contributed by atoms with Gasteiger partial charge in [0, 0.05) is 22.1 Å². The van der Waals surface area contributed by atoms with Crippen LogP contribution in [-0.4, -0.2) is 15.0 Å². The molecule has 3 nitrogen and oxygen atoms in total.